The molecule has 0 amide bonds. The van der Waals surface area contributed by atoms with Crippen LogP contribution in [0.25, 0.3) is 0 Å². The average Bonchev–Trinajstić information content (AvgIpc) is 2.23. The minimum absolute atomic E-state index is 0.116. The molecule has 1 aromatic carbocycles. The van der Waals surface area contributed by atoms with E-state index in [1.165, 1.54) is 6.07 Å². The van der Waals surface area contributed by atoms with Crippen molar-refractivity contribution >= 4 is 0 Å². The quantitative estimate of drug-likeness (QED) is 0.805. The van der Waals surface area contributed by atoms with Crippen molar-refractivity contribution in [3.63, 3.8) is 0 Å². The predicted octanol–water partition coefficient (Wildman–Crippen LogP) is 2.24. The lowest BCUT2D eigenvalue weighted by atomic mass is 9.95. The van der Waals surface area contributed by atoms with Crippen LogP contribution in [0.3, 0.4) is 0 Å². The van der Waals surface area contributed by atoms with Crippen molar-refractivity contribution in [3.8, 4) is 0 Å². The van der Waals surface area contributed by atoms with Gasteiger partial charge >= 0.3 is 0 Å². The number of halogens is 1. The summed E-state index contributed by atoms with van der Waals surface area (Å²) in [6, 6.07) is 5.11. The van der Waals surface area contributed by atoms with Crippen molar-refractivity contribution in [1.29, 1.82) is 0 Å². The van der Waals surface area contributed by atoms with Crippen molar-refractivity contribution in [2.45, 2.75) is 27.3 Å². The summed E-state index contributed by atoms with van der Waals surface area (Å²) in [5.74, 6) is -0.167. The number of hydrogen-bond donors (Lipinski definition) is 2. The Kier molecular flexibility index (Phi) is 4.44. The first-order chi connectivity index (χ1) is 7.44. The van der Waals surface area contributed by atoms with Crippen LogP contribution in [0, 0.1) is 18.2 Å². The molecule has 0 aliphatic rings. The van der Waals surface area contributed by atoms with E-state index < -0.39 is 0 Å². The third-order valence-electron chi connectivity index (χ3n) is 2.58. The molecule has 0 bridgehead atoms. The number of hydrogen-bond acceptors (Lipinski definition) is 2. The number of aliphatic hydroxyl groups is 1. The molecule has 0 aliphatic carbocycles. The molecule has 0 aliphatic heterocycles. The fourth-order valence-electron chi connectivity index (χ4n) is 1.42. The summed E-state index contributed by atoms with van der Waals surface area (Å²) in [6.45, 7) is 7.34. The minimum atomic E-state index is -0.167. The molecule has 16 heavy (non-hydrogen) atoms. The van der Waals surface area contributed by atoms with Crippen LogP contribution < -0.4 is 5.32 Å². The zero-order chi connectivity index (χ0) is 12.2. The maximum atomic E-state index is 13.0. The molecule has 2 nitrogen and oxygen atoms in total. The molecule has 0 atom stereocenters. The maximum absolute atomic E-state index is 13.0. The molecule has 0 saturated heterocycles. The summed E-state index contributed by atoms with van der Waals surface area (Å²) in [5.41, 5.74) is 1.61. The molecule has 0 radical (unpaired) electrons. The molecule has 90 valence electrons. The molecular weight excluding hydrogens is 205 g/mol. The van der Waals surface area contributed by atoms with E-state index in [0.717, 1.165) is 12.1 Å². The van der Waals surface area contributed by atoms with E-state index >= 15 is 0 Å². The normalized spacial score (nSPS) is 11.8. The zero-order valence-electron chi connectivity index (χ0n) is 10.2. The van der Waals surface area contributed by atoms with Crippen molar-refractivity contribution in [1.82, 2.24) is 5.32 Å². The second-order valence-electron chi connectivity index (χ2n) is 5.01. The number of nitrogens with one attached hydrogen (secondary N) is 1. The van der Waals surface area contributed by atoms with Gasteiger partial charge < -0.3 is 10.4 Å². The van der Waals surface area contributed by atoms with E-state index in [1.54, 1.807) is 13.0 Å². The van der Waals surface area contributed by atoms with Crippen molar-refractivity contribution in [2.75, 3.05) is 13.2 Å². The number of rotatable bonds is 5. The zero-order valence-corrected chi connectivity index (χ0v) is 10.2. The van der Waals surface area contributed by atoms with Crippen LogP contribution in [-0.4, -0.2) is 18.3 Å². The first-order valence-corrected chi connectivity index (χ1v) is 5.51. The Morgan fingerprint density at radius 1 is 1.38 bits per heavy atom. The van der Waals surface area contributed by atoms with E-state index in [0.29, 0.717) is 12.1 Å². The van der Waals surface area contributed by atoms with Crippen LogP contribution in [-0.2, 0) is 6.54 Å². The van der Waals surface area contributed by atoms with E-state index in [9.17, 15) is 4.39 Å². The van der Waals surface area contributed by atoms with Gasteiger partial charge in [0.05, 0.1) is 0 Å². The SMILES string of the molecule is Cc1cc(CNCC(C)(C)CO)ccc1F. The molecule has 0 saturated carbocycles. The van der Waals surface area contributed by atoms with Gasteiger partial charge in [0.1, 0.15) is 5.82 Å². The van der Waals surface area contributed by atoms with Crippen LogP contribution in [0.4, 0.5) is 4.39 Å². The van der Waals surface area contributed by atoms with Gasteiger partial charge in [-0.1, -0.05) is 26.0 Å². The summed E-state index contributed by atoms with van der Waals surface area (Å²) in [7, 11) is 0. The van der Waals surface area contributed by atoms with Gasteiger partial charge in [-0.25, -0.2) is 4.39 Å². The summed E-state index contributed by atoms with van der Waals surface area (Å²) < 4.78 is 13.0. The predicted molar refractivity (Wildman–Crippen MR) is 63.7 cm³/mol. The topological polar surface area (TPSA) is 32.3 Å². The Balaban J connectivity index is 2.46. The molecule has 0 fully saturated rings. The molecule has 0 aromatic heterocycles. The van der Waals surface area contributed by atoms with E-state index in [-0.39, 0.29) is 17.8 Å². The standard InChI is InChI=1S/C13H20FNO/c1-10-6-11(4-5-12(10)14)7-15-8-13(2,3)9-16/h4-6,15-16H,7-9H2,1-3H3. The van der Waals surface area contributed by atoms with Gasteiger partial charge in [-0.2, -0.15) is 0 Å². The first kappa shape index (κ1) is 13.1. The van der Waals surface area contributed by atoms with E-state index in [2.05, 4.69) is 5.32 Å². The Labute approximate surface area is 96.5 Å². The van der Waals surface area contributed by atoms with Crippen LogP contribution >= 0.6 is 0 Å². The highest BCUT2D eigenvalue weighted by Crippen LogP contribution is 2.13. The van der Waals surface area contributed by atoms with Crippen LogP contribution in [0.1, 0.15) is 25.0 Å². The van der Waals surface area contributed by atoms with Crippen LogP contribution in [0.15, 0.2) is 18.2 Å². The fraction of sp³-hybridized carbons (Fsp3) is 0.538. The molecule has 0 unspecified atom stereocenters. The second kappa shape index (κ2) is 5.41. The maximum Gasteiger partial charge on any atom is 0.126 e. The lowest BCUT2D eigenvalue weighted by Gasteiger charge is -2.22. The third-order valence-corrected chi connectivity index (χ3v) is 2.58. The van der Waals surface area contributed by atoms with Gasteiger partial charge in [0, 0.05) is 25.1 Å². The Morgan fingerprint density at radius 2 is 2.06 bits per heavy atom. The molecular formula is C13H20FNO. The highest BCUT2D eigenvalue weighted by molar-refractivity contribution is 5.23. The summed E-state index contributed by atoms with van der Waals surface area (Å²) >= 11 is 0. The van der Waals surface area contributed by atoms with E-state index in [4.69, 9.17) is 5.11 Å². The van der Waals surface area contributed by atoms with Gasteiger partial charge in [0.25, 0.3) is 0 Å². The minimum Gasteiger partial charge on any atom is -0.396 e. The van der Waals surface area contributed by atoms with E-state index in [1.807, 2.05) is 19.9 Å². The van der Waals surface area contributed by atoms with Gasteiger partial charge in [0.15, 0.2) is 0 Å². The molecule has 1 rings (SSSR count). The largest absolute Gasteiger partial charge is 0.396 e. The molecule has 0 heterocycles. The lowest BCUT2D eigenvalue weighted by molar-refractivity contribution is 0.156. The highest BCUT2D eigenvalue weighted by atomic mass is 19.1. The Hall–Kier alpha value is -0.930. The molecule has 3 heteroatoms. The Bertz CT molecular complexity index is 350. The van der Waals surface area contributed by atoms with Gasteiger partial charge in [-0.05, 0) is 24.1 Å². The molecule has 2 N–H and O–H groups in total. The highest BCUT2D eigenvalue weighted by Gasteiger charge is 2.15. The van der Waals surface area contributed by atoms with Crippen LogP contribution in [0.5, 0.6) is 0 Å². The number of aryl methyl sites for hydroxylation is 1. The average molecular weight is 225 g/mol. The van der Waals surface area contributed by atoms with Gasteiger partial charge in [0.2, 0.25) is 0 Å². The second-order valence-corrected chi connectivity index (χ2v) is 5.01. The summed E-state index contributed by atoms with van der Waals surface area (Å²) in [4.78, 5) is 0. The smallest absolute Gasteiger partial charge is 0.126 e. The summed E-state index contributed by atoms with van der Waals surface area (Å²) in [5, 5.41) is 12.3. The molecule has 1 aromatic rings. The van der Waals surface area contributed by atoms with Crippen molar-refractivity contribution in [2.24, 2.45) is 5.41 Å². The monoisotopic (exact) mass is 225 g/mol. The third kappa shape index (κ3) is 3.91. The molecule has 0 spiro atoms. The first-order valence-electron chi connectivity index (χ1n) is 5.51. The lowest BCUT2D eigenvalue weighted by Crippen LogP contribution is -2.31. The van der Waals surface area contributed by atoms with Gasteiger partial charge in [-0.15, -0.1) is 0 Å². The Morgan fingerprint density at radius 3 is 2.62 bits per heavy atom. The van der Waals surface area contributed by atoms with Crippen LogP contribution in [0.2, 0.25) is 0 Å². The number of benzene rings is 1. The number of aliphatic hydroxyl groups excluding tert-OH is 1. The summed E-state index contributed by atoms with van der Waals surface area (Å²) in [6.07, 6.45) is 0. The van der Waals surface area contributed by atoms with Crippen molar-refractivity contribution < 1.29 is 9.50 Å². The van der Waals surface area contributed by atoms with Crippen molar-refractivity contribution in [3.05, 3.63) is 35.1 Å². The van der Waals surface area contributed by atoms with Gasteiger partial charge in [-0.3, -0.25) is 0 Å². The fourth-order valence-corrected chi connectivity index (χ4v) is 1.42.